The van der Waals surface area contributed by atoms with E-state index in [-0.39, 0.29) is 18.0 Å². The molecule has 4 aromatic carbocycles. The first-order valence-electron chi connectivity index (χ1n) is 12.4. The van der Waals surface area contributed by atoms with Crippen LogP contribution in [0.3, 0.4) is 0 Å². The molecule has 2 aliphatic heterocycles. The fourth-order valence-corrected chi connectivity index (χ4v) is 6.10. The number of methoxy groups -OCH3 is 3. The Bertz CT molecular complexity index is 1470. The van der Waals surface area contributed by atoms with Crippen molar-refractivity contribution in [1.29, 1.82) is 0 Å². The molecule has 184 valence electrons. The van der Waals surface area contributed by atoms with Gasteiger partial charge in [0.25, 0.3) is 5.91 Å². The Balaban J connectivity index is 1.63. The van der Waals surface area contributed by atoms with Crippen LogP contribution in [0.15, 0.2) is 60.7 Å². The monoisotopic (exact) mass is 482 g/mol. The van der Waals surface area contributed by atoms with Gasteiger partial charge in [0.05, 0.1) is 27.4 Å². The first-order valence-corrected chi connectivity index (χ1v) is 12.4. The maximum absolute atomic E-state index is 13.4. The van der Waals surface area contributed by atoms with Crippen molar-refractivity contribution in [1.82, 2.24) is 10.2 Å². The van der Waals surface area contributed by atoms with Crippen LogP contribution < -0.4 is 19.5 Å². The summed E-state index contributed by atoms with van der Waals surface area (Å²) in [6.07, 6.45) is 2.18. The van der Waals surface area contributed by atoms with E-state index in [0.717, 1.165) is 53.2 Å². The van der Waals surface area contributed by atoms with Crippen LogP contribution >= 0.6 is 0 Å². The molecular formula is C30H30N2O4. The number of amides is 1. The van der Waals surface area contributed by atoms with Gasteiger partial charge in [0.1, 0.15) is 5.75 Å². The third kappa shape index (κ3) is 3.56. The Labute approximate surface area is 210 Å². The SMILES string of the molecule is COc1ccc2c3c(c4cc(OC)c(OC)cc4c2c1)CN1CCC[C@H]1[C@H]3NC(=O)c1ccccc1. The van der Waals surface area contributed by atoms with Gasteiger partial charge in [0, 0.05) is 18.2 Å². The van der Waals surface area contributed by atoms with Crippen molar-refractivity contribution in [3.05, 3.63) is 77.4 Å². The van der Waals surface area contributed by atoms with Gasteiger partial charge in [0.2, 0.25) is 0 Å². The summed E-state index contributed by atoms with van der Waals surface area (Å²) in [5, 5.41) is 7.85. The third-order valence-electron chi connectivity index (χ3n) is 7.77. The lowest BCUT2D eigenvalue weighted by Crippen LogP contribution is -2.46. The fourth-order valence-electron chi connectivity index (χ4n) is 6.10. The lowest BCUT2D eigenvalue weighted by Gasteiger charge is -2.40. The zero-order valence-corrected chi connectivity index (χ0v) is 20.8. The molecule has 2 atom stereocenters. The van der Waals surface area contributed by atoms with Crippen LogP contribution in [0.25, 0.3) is 21.5 Å². The van der Waals surface area contributed by atoms with Crippen LogP contribution in [-0.2, 0) is 6.54 Å². The zero-order chi connectivity index (χ0) is 24.8. The maximum atomic E-state index is 13.4. The zero-order valence-electron chi connectivity index (χ0n) is 20.8. The average molecular weight is 483 g/mol. The molecule has 36 heavy (non-hydrogen) atoms. The average Bonchev–Trinajstić information content (AvgIpc) is 3.41. The molecule has 1 N–H and O–H groups in total. The molecule has 0 spiro atoms. The molecule has 2 heterocycles. The Morgan fingerprint density at radius 3 is 2.31 bits per heavy atom. The van der Waals surface area contributed by atoms with Crippen LogP contribution in [0.1, 0.15) is 40.4 Å². The third-order valence-corrected chi connectivity index (χ3v) is 7.77. The molecule has 0 bridgehead atoms. The molecule has 0 radical (unpaired) electrons. The molecule has 0 aliphatic carbocycles. The summed E-state index contributed by atoms with van der Waals surface area (Å²) in [5.74, 6) is 2.14. The van der Waals surface area contributed by atoms with Gasteiger partial charge in [0.15, 0.2) is 11.5 Å². The molecule has 0 aromatic heterocycles. The van der Waals surface area contributed by atoms with E-state index in [0.29, 0.717) is 17.1 Å². The van der Waals surface area contributed by atoms with Crippen molar-refractivity contribution >= 4 is 27.5 Å². The van der Waals surface area contributed by atoms with E-state index in [2.05, 4.69) is 34.5 Å². The number of rotatable bonds is 5. The van der Waals surface area contributed by atoms with Crippen molar-refractivity contribution in [3.8, 4) is 17.2 Å². The van der Waals surface area contributed by atoms with Gasteiger partial charge in [-0.3, -0.25) is 9.69 Å². The van der Waals surface area contributed by atoms with Crippen molar-refractivity contribution in [3.63, 3.8) is 0 Å². The largest absolute Gasteiger partial charge is 0.497 e. The molecule has 1 fully saturated rings. The Hall–Kier alpha value is -3.77. The molecule has 1 amide bonds. The quantitative estimate of drug-likeness (QED) is 0.383. The predicted molar refractivity (Wildman–Crippen MR) is 141 cm³/mol. The number of carbonyl (C=O) groups excluding carboxylic acids is 1. The number of ether oxygens (including phenoxy) is 3. The molecule has 0 unspecified atom stereocenters. The fraction of sp³-hybridized carbons (Fsp3) is 0.300. The summed E-state index contributed by atoms with van der Waals surface area (Å²) >= 11 is 0. The molecular weight excluding hydrogens is 452 g/mol. The minimum Gasteiger partial charge on any atom is -0.497 e. The van der Waals surface area contributed by atoms with E-state index in [1.54, 1.807) is 21.3 Å². The van der Waals surface area contributed by atoms with Gasteiger partial charge in [-0.2, -0.15) is 0 Å². The summed E-state index contributed by atoms with van der Waals surface area (Å²) in [6, 6.07) is 20.0. The molecule has 4 aromatic rings. The summed E-state index contributed by atoms with van der Waals surface area (Å²) < 4.78 is 17.0. The topological polar surface area (TPSA) is 60.0 Å². The maximum Gasteiger partial charge on any atom is 0.251 e. The number of hydrogen-bond donors (Lipinski definition) is 1. The summed E-state index contributed by atoms with van der Waals surface area (Å²) in [7, 11) is 5.01. The highest BCUT2D eigenvalue weighted by Gasteiger charge is 2.40. The Morgan fingerprint density at radius 1 is 0.861 bits per heavy atom. The lowest BCUT2D eigenvalue weighted by atomic mass is 9.82. The van der Waals surface area contributed by atoms with E-state index in [9.17, 15) is 4.79 Å². The van der Waals surface area contributed by atoms with Crippen molar-refractivity contribution in [2.75, 3.05) is 27.9 Å². The number of nitrogens with zero attached hydrogens (tertiary/aromatic N) is 1. The molecule has 6 rings (SSSR count). The highest BCUT2D eigenvalue weighted by Crippen LogP contribution is 2.47. The molecule has 0 saturated carbocycles. The molecule has 2 aliphatic rings. The standard InChI is InChI=1S/C30H30N2O4/c1-34-19-11-12-20-21(14-19)22-15-26(35-2)27(36-3)16-23(22)24-17-32-13-7-10-25(32)29(28(20)24)31-30(33)18-8-5-4-6-9-18/h4-6,8-9,11-12,14-16,25,29H,7,10,13,17H2,1-3H3,(H,31,33)/t25-,29+/m0/s1. The Morgan fingerprint density at radius 2 is 1.58 bits per heavy atom. The first-order chi connectivity index (χ1) is 17.6. The molecule has 1 saturated heterocycles. The van der Waals surface area contributed by atoms with Crippen LogP contribution in [0, 0.1) is 0 Å². The van der Waals surface area contributed by atoms with E-state index < -0.39 is 0 Å². The molecule has 6 nitrogen and oxygen atoms in total. The minimum atomic E-state index is -0.127. The van der Waals surface area contributed by atoms with Crippen LogP contribution in [0.2, 0.25) is 0 Å². The molecule has 6 heteroatoms. The van der Waals surface area contributed by atoms with Crippen LogP contribution in [0.4, 0.5) is 0 Å². The lowest BCUT2D eigenvalue weighted by molar-refractivity contribution is 0.0892. The second kappa shape index (κ2) is 9.03. The van der Waals surface area contributed by atoms with E-state index in [4.69, 9.17) is 14.2 Å². The van der Waals surface area contributed by atoms with Gasteiger partial charge in [-0.05, 0) is 88.5 Å². The second-order valence-corrected chi connectivity index (χ2v) is 9.55. The van der Waals surface area contributed by atoms with Gasteiger partial charge >= 0.3 is 0 Å². The van der Waals surface area contributed by atoms with Crippen LogP contribution in [0.5, 0.6) is 17.2 Å². The number of hydrogen-bond acceptors (Lipinski definition) is 5. The Kier molecular flexibility index (Phi) is 5.69. The summed E-state index contributed by atoms with van der Waals surface area (Å²) in [5.41, 5.74) is 3.10. The minimum absolute atomic E-state index is 0.0469. The number of carbonyl (C=O) groups is 1. The van der Waals surface area contributed by atoms with Crippen molar-refractivity contribution in [2.45, 2.75) is 31.5 Å². The van der Waals surface area contributed by atoms with E-state index in [1.807, 2.05) is 36.4 Å². The predicted octanol–water partition coefficient (Wildman–Crippen LogP) is 5.47. The highest BCUT2D eigenvalue weighted by molar-refractivity contribution is 6.12. The number of benzene rings is 4. The van der Waals surface area contributed by atoms with Gasteiger partial charge in [-0.15, -0.1) is 0 Å². The van der Waals surface area contributed by atoms with Gasteiger partial charge < -0.3 is 19.5 Å². The normalized spacial score (nSPS) is 19.1. The second-order valence-electron chi connectivity index (χ2n) is 9.55. The smallest absolute Gasteiger partial charge is 0.251 e. The number of fused-ring (bicyclic) bond motifs is 7. The summed E-state index contributed by atoms with van der Waals surface area (Å²) in [4.78, 5) is 15.9. The highest BCUT2D eigenvalue weighted by atomic mass is 16.5. The van der Waals surface area contributed by atoms with Crippen molar-refractivity contribution in [2.24, 2.45) is 0 Å². The number of nitrogens with one attached hydrogen (secondary N) is 1. The van der Waals surface area contributed by atoms with Crippen molar-refractivity contribution < 1.29 is 19.0 Å². The van der Waals surface area contributed by atoms with Gasteiger partial charge in [-0.25, -0.2) is 0 Å². The van der Waals surface area contributed by atoms with Gasteiger partial charge in [-0.1, -0.05) is 24.3 Å². The first kappa shape index (κ1) is 22.7. The van der Waals surface area contributed by atoms with E-state index >= 15 is 0 Å². The summed E-state index contributed by atoms with van der Waals surface area (Å²) in [6.45, 7) is 1.86. The van der Waals surface area contributed by atoms with E-state index in [1.165, 1.54) is 11.1 Å². The van der Waals surface area contributed by atoms with Crippen LogP contribution in [-0.4, -0.2) is 44.7 Å².